The number of benzene rings is 3. The lowest BCUT2D eigenvalue weighted by molar-refractivity contribution is -0.146. The molecule has 0 aliphatic carbocycles. The van der Waals surface area contributed by atoms with Crippen molar-refractivity contribution in [3.05, 3.63) is 102 Å². The van der Waals surface area contributed by atoms with E-state index in [2.05, 4.69) is 10.3 Å². The first kappa shape index (κ1) is 30.8. The Hall–Kier alpha value is -4.16. The molecular weight excluding hydrogens is 586 g/mol. The Labute approximate surface area is 264 Å². The van der Waals surface area contributed by atoms with Gasteiger partial charge in [0.2, 0.25) is 6.41 Å². The minimum Gasteiger partial charge on any atom is -0.432 e. The van der Waals surface area contributed by atoms with E-state index in [1.54, 1.807) is 14.5 Å². The molecule has 234 valence electrons. The summed E-state index contributed by atoms with van der Waals surface area (Å²) in [6, 6.07) is 24.9. The molecule has 1 aromatic heterocycles. The zero-order chi connectivity index (χ0) is 31.8. The summed E-state index contributed by atoms with van der Waals surface area (Å²) in [5, 5.41) is 17.6. The number of aliphatic hydroxyl groups excluding tert-OH is 1. The van der Waals surface area contributed by atoms with Crippen LogP contribution in [0.3, 0.4) is 0 Å². The number of anilines is 3. The minimum atomic E-state index is -2.79. The van der Waals surface area contributed by atoms with Crippen LogP contribution in [-0.4, -0.2) is 58.2 Å². The summed E-state index contributed by atoms with van der Waals surface area (Å²) in [6.07, 6.45) is 3.24. The van der Waals surface area contributed by atoms with Crippen molar-refractivity contribution in [2.24, 2.45) is 5.92 Å². The van der Waals surface area contributed by atoms with Gasteiger partial charge in [-0.25, -0.2) is 0 Å². The van der Waals surface area contributed by atoms with E-state index < -0.39 is 13.9 Å². The summed E-state index contributed by atoms with van der Waals surface area (Å²) < 4.78 is 8.63. The number of carbonyl (C=O) groups excluding carboxylic acids is 2. The second-order valence-corrected chi connectivity index (χ2v) is 16.5. The molecule has 0 radical (unpaired) electrons. The molecule has 1 saturated heterocycles. The predicted molar refractivity (Wildman–Crippen MR) is 173 cm³/mol. The largest absolute Gasteiger partial charge is 0.432 e. The van der Waals surface area contributed by atoms with Crippen LogP contribution in [0.15, 0.2) is 85.1 Å². The van der Waals surface area contributed by atoms with Crippen molar-refractivity contribution in [1.82, 2.24) is 15.0 Å². The summed E-state index contributed by atoms with van der Waals surface area (Å²) in [6.45, 7) is 6.73. The number of nitrogens with zero attached hydrogens (tertiary/aromatic N) is 5. The zero-order valence-electron chi connectivity index (χ0n) is 25.8. The van der Waals surface area contributed by atoms with Crippen molar-refractivity contribution < 1.29 is 24.2 Å². The normalized spacial score (nSPS) is 22.6. The molecule has 0 saturated carbocycles. The van der Waals surface area contributed by atoms with Gasteiger partial charge in [-0.15, -0.1) is 5.10 Å². The molecule has 10 nitrogen and oxygen atoms in total. The SMILES string of the molecule is C[C@H]1[C@H]([Si](C)(C)O)[C@@H](CCn2cc(CCO)nn2)O[C@]12C(=O)N(Cc1ccc(N(C=O)c3ccccc3)cc1)c1ccccc12. The standard InChI is InChI=1S/C34H39N5O5Si/c1-24-32(45(2,3)43)31(17-19-37-22-26(18-20-40)35-36-37)44-34(24)29-11-7-8-12-30(29)38(33(34)42)21-25-13-15-28(16-14-25)39(23-41)27-9-5-4-6-10-27/h4-16,22-24,31-32,40,43H,17-21H2,1-3H3/t24-,31+,32-,34+/m0/s1. The van der Waals surface area contributed by atoms with Crippen LogP contribution in [0.5, 0.6) is 0 Å². The van der Waals surface area contributed by atoms with Crippen LogP contribution in [0.25, 0.3) is 0 Å². The first-order valence-electron chi connectivity index (χ1n) is 15.4. The minimum absolute atomic E-state index is 0.00385. The van der Waals surface area contributed by atoms with Gasteiger partial charge in [0.1, 0.15) is 0 Å². The molecular formula is C34H39N5O5Si. The number of amides is 2. The maximum Gasteiger partial charge on any atom is 0.264 e. The number of aromatic nitrogens is 3. The van der Waals surface area contributed by atoms with Crippen LogP contribution in [0, 0.1) is 5.92 Å². The van der Waals surface area contributed by atoms with Crippen LogP contribution in [0.4, 0.5) is 17.1 Å². The highest BCUT2D eigenvalue weighted by Crippen LogP contribution is 2.59. The van der Waals surface area contributed by atoms with Crippen LogP contribution in [0.2, 0.25) is 18.6 Å². The number of para-hydroxylation sites is 2. The zero-order valence-corrected chi connectivity index (χ0v) is 26.8. The highest BCUT2D eigenvalue weighted by atomic mass is 28.4. The van der Waals surface area contributed by atoms with Gasteiger partial charge in [-0.3, -0.25) is 19.2 Å². The second kappa shape index (κ2) is 12.3. The van der Waals surface area contributed by atoms with Crippen LogP contribution < -0.4 is 9.80 Å². The van der Waals surface area contributed by atoms with E-state index in [1.165, 1.54) is 0 Å². The molecule has 2 amide bonds. The molecule has 6 rings (SSSR count). The molecule has 11 heteroatoms. The van der Waals surface area contributed by atoms with Crippen LogP contribution >= 0.6 is 0 Å². The molecule has 0 bridgehead atoms. The highest BCUT2D eigenvalue weighted by molar-refractivity contribution is 6.71. The summed E-state index contributed by atoms with van der Waals surface area (Å²) in [4.78, 5) is 41.4. The lowest BCUT2D eigenvalue weighted by Gasteiger charge is -2.32. The summed E-state index contributed by atoms with van der Waals surface area (Å²) in [5.74, 6) is -0.390. The van der Waals surface area contributed by atoms with Gasteiger partial charge in [-0.1, -0.05) is 60.7 Å². The van der Waals surface area contributed by atoms with Gasteiger partial charge in [0.15, 0.2) is 13.9 Å². The van der Waals surface area contributed by atoms with Gasteiger partial charge in [-0.05, 0) is 55.4 Å². The maximum absolute atomic E-state index is 14.6. The summed E-state index contributed by atoms with van der Waals surface area (Å²) >= 11 is 0. The Balaban J connectivity index is 1.27. The Morgan fingerprint density at radius 3 is 2.40 bits per heavy atom. The molecule has 2 N–H and O–H groups in total. The van der Waals surface area contributed by atoms with Crippen molar-refractivity contribution in [1.29, 1.82) is 0 Å². The Kier molecular flexibility index (Phi) is 8.44. The molecule has 2 aliphatic rings. The number of fused-ring (bicyclic) bond motifs is 2. The van der Waals surface area contributed by atoms with E-state index >= 15 is 0 Å². The van der Waals surface area contributed by atoms with Crippen molar-refractivity contribution >= 4 is 37.7 Å². The Morgan fingerprint density at radius 1 is 1.02 bits per heavy atom. The third-order valence-corrected chi connectivity index (χ3v) is 11.7. The molecule has 0 unspecified atom stereocenters. The van der Waals surface area contributed by atoms with Crippen molar-refractivity contribution in [3.8, 4) is 0 Å². The van der Waals surface area contributed by atoms with Gasteiger partial charge >= 0.3 is 0 Å². The average Bonchev–Trinajstić information content (AvgIpc) is 3.68. The molecule has 3 heterocycles. The fourth-order valence-corrected chi connectivity index (χ4v) is 9.80. The molecule has 2 aliphatic heterocycles. The highest BCUT2D eigenvalue weighted by Gasteiger charge is 2.66. The van der Waals surface area contributed by atoms with Crippen LogP contribution in [-0.2, 0) is 39.4 Å². The summed E-state index contributed by atoms with van der Waals surface area (Å²) in [5.41, 5.74) is 3.35. The monoisotopic (exact) mass is 625 g/mol. The van der Waals surface area contributed by atoms with Crippen molar-refractivity contribution in [3.63, 3.8) is 0 Å². The second-order valence-electron chi connectivity index (χ2n) is 12.5. The number of hydrogen-bond donors (Lipinski definition) is 2. The molecule has 4 aromatic rings. The van der Waals surface area contributed by atoms with Gasteiger partial charge in [0, 0.05) is 54.2 Å². The van der Waals surface area contributed by atoms with Gasteiger partial charge < -0.3 is 19.5 Å². The van der Waals surface area contributed by atoms with Crippen molar-refractivity contribution in [2.45, 2.75) is 63.2 Å². The van der Waals surface area contributed by atoms with E-state index in [0.717, 1.165) is 34.6 Å². The maximum atomic E-state index is 14.6. The third kappa shape index (κ3) is 5.61. The number of aliphatic hydroxyl groups is 1. The summed E-state index contributed by atoms with van der Waals surface area (Å²) in [7, 11) is -2.79. The van der Waals surface area contributed by atoms with E-state index in [0.29, 0.717) is 31.6 Å². The molecule has 45 heavy (non-hydrogen) atoms. The fourth-order valence-electron chi connectivity index (χ4n) is 7.20. The van der Waals surface area contributed by atoms with Gasteiger partial charge in [0.25, 0.3) is 5.91 Å². The average molecular weight is 626 g/mol. The molecule has 4 atom stereocenters. The number of carbonyl (C=O) groups is 2. The Bertz CT molecular complexity index is 1660. The van der Waals surface area contributed by atoms with E-state index in [4.69, 9.17) is 4.74 Å². The van der Waals surface area contributed by atoms with Gasteiger partial charge in [-0.2, -0.15) is 0 Å². The van der Waals surface area contributed by atoms with E-state index in [-0.39, 0.29) is 30.1 Å². The third-order valence-electron chi connectivity index (χ3n) is 9.18. The lowest BCUT2D eigenvalue weighted by Crippen LogP contribution is -2.46. The van der Waals surface area contributed by atoms with Crippen molar-refractivity contribution in [2.75, 3.05) is 16.4 Å². The first-order valence-corrected chi connectivity index (χ1v) is 18.4. The predicted octanol–water partition coefficient (Wildman–Crippen LogP) is 4.54. The Morgan fingerprint density at radius 2 is 1.71 bits per heavy atom. The number of ether oxygens (including phenoxy) is 1. The topological polar surface area (TPSA) is 121 Å². The van der Waals surface area contributed by atoms with Gasteiger partial charge in [0.05, 0.1) is 24.0 Å². The molecule has 3 aromatic carbocycles. The fraction of sp³-hybridized carbons (Fsp3) is 0.353. The van der Waals surface area contributed by atoms with Crippen LogP contribution in [0.1, 0.15) is 30.2 Å². The van der Waals surface area contributed by atoms with E-state index in [1.807, 2.05) is 105 Å². The first-order chi connectivity index (χ1) is 21.7. The lowest BCUT2D eigenvalue weighted by atomic mass is 9.82. The smallest absolute Gasteiger partial charge is 0.264 e. The molecule has 1 fully saturated rings. The number of aryl methyl sites for hydroxylation is 1. The quantitative estimate of drug-likeness (QED) is 0.185. The number of rotatable bonds is 11. The molecule has 1 spiro atoms. The number of hydrogen-bond acceptors (Lipinski definition) is 7. The van der Waals surface area contributed by atoms with E-state index in [9.17, 15) is 19.5 Å².